The summed E-state index contributed by atoms with van der Waals surface area (Å²) >= 11 is 0. The average Bonchev–Trinajstić information content (AvgIpc) is 3.57. The van der Waals surface area contributed by atoms with E-state index in [1.54, 1.807) is 33.9 Å². The van der Waals surface area contributed by atoms with Crippen molar-refractivity contribution in [3.8, 4) is 22.9 Å². The molecule has 182 valence electrons. The van der Waals surface area contributed by atoms with Gasteiger partial charge in [-0.05, 0) is 25.0 Å². The van der Waals surface area contributed by atoms with Crippen molar-refractivity contribution >= 4 is 28.6 Å². The summed E-state index contributed by atoms with van der Waals surface area (Å²) in [5.74, 6) is 3.30. The highest BCUT2D eigenvalue weighted by molar-refractivity contribution is 5.88. The van der Waals surface area contributed by atoms with Crippen LogP contribution in [0.2, 0.25) is 0 Å². The maximum absolute atomic E-state index is 9.84. The second-order valence-corrected chi connectivity index (χ2v) is 8.09. The molecule has 0 aliphatic carbocycles. The molecule has 1 aromatic carbocycles. The normalized spacial score (nSPS) is 15.4. The molecule has 1 unspecified atom stereocenters. The first-order valence-electron chi connectivity index (χ1n) is 11.3. The quantitative estimate of drug-likeness (QED) is 0.392. The largest absolute Gasteiger partial charge is 0.493 e. The van der Waals surface area contributed by atoms with Gasteiger partial charge in [0.1, 0.15) is 12.1 Å². The molecule has 3 aromatic heterocycles. The molecule has 0 bridgehead atoms. The van der Waals surface area contributed by atoms with Gasteiger partial charge in [-0.3, -0.25) is 0 Å². The molecule has 1 atom stereocenters. The number of methoxy groups -OCH3 is 3. The number of aliphatic hydroxyl groups is 1. The molecule has 4 heterocycles. The number of hydrogen-bond donors (Lipinski definition) is 2. The number of hydrogen-bond acceptors (Lipinski definition) is 10. The van der Waals surface area contributed by atoms with Crippen LogP contribution in [0.1, 0.15) is 12.8 Å². The zero-order valence-electron chi connectivity index (χ0n) is 19.8. The molecule has 11 heteroatoms. The van der Waals surface area contributed by atoms with Gasteiger partial charge in [0.05, 0.1) is 51.2 Å². The predicted octanol–water partition coefficient (Wildman–Crippen LogP) is 2.94. The van der Waals surface area contributed by atoms with Crippen LogP contribution in [0.3, 0.4) is 0 Å². The standard InChI is InChI=1S/C24H27N7O4/c1-33-18-10-16(11-19(34-2)21(18)35-3)30-12-20(26-14-30)27-24-28-22-17(7-4-8-25-22)23(29-24)31-9-5-6-15(31)13-32/h4,7-8,10-12,14-15,32H,5-6,9,13H2,1-3H3,(H,25,27,28,29). The second-order valence-electron chi connectivity index (χ2n) is 8.09. The minimum atomic E-state index is 0.0281. The molecule has 0 radical (unpaired) electrons. The van der Waals surface area contributed by atoms with E-state index >= 15 is 0 Å². The number of aromatic nitrogens is 5. The van der Waals surface area contributed by atoms with E-state index in [-0.39, 0.29) is 12.6 Å². The second kappa shape index (κ2) is 9.63. The Hall–Kier alpha value is -4.12. The Labute approximate surface area is 202 Å². The minimum Gasteiger partial charge on any atom is -0.493 e. The van der Waals surface area contributed by atoms with Crippen LogP contribution in [0, 0.1) is 0 Å². The van der Waals surface area contributed by atoms with Gasteiger partial charge in [0.2, 0.25) is 11.7 Å². The first kappa shape index (κ1) is 22.7. The third-order valence-electron chi connectivity index (χ3n) is 6.08. The molecule has 0 saturated carbocycles. The molecule has 11 nitrogen and oxygen atoms in total. The number of anilines is 3. The fourth-order valence-electron chi connectivity index (χ4n) is 4.39. The highest BCUT2D eigenvalue weighted by Gasteiger charge is 2.27. The van der Waals surface area contributed by atoms with E-state index in [0.717, 1.165) is 36.3 Å². The Kier molecular flexibility index (Phi) is 6.23. The Morgan fingerprint density at radius 2 is 1.89 bits per heavy atom. The molecule has 1 fully saturated rings. The van der Waals surface area contributed by atoms with Crippen LogP contribution in [0.5, 0.6) is 17.2 Å². The van der Waals surface area contributed by atoms with Crippen molar-refractivity contribution < 1.29 is 19.3 Å². The summed E-state index contributed by atoms with van der Waals surface area (Å²) in [5.41, 5.74) is 1.36. The fourth-order valence-corrected chi connectivity index (χ4v) is 4.39. The number of nitrogens with zero attached hydrogens (tertiary/aromatic N) is 6. The lowest BCUT2D eigenvalue weighted by Crippen LogP contribution is -2.33. The lowest BCUT2D eigenvalue weighted by molar-refractivity contribution is 0.266. The number of rotatable bonds is 8. The summed E-state index contributed by atoms with van der Waals surface area (Å²) in [4.78, 5) is 20.4. The summed E-state index contributed by atoms with van der Waals surface area (Å²) in [6, 6.07) is 7.52. The Bertz CT molecular complexity index is 1320. The van der Waals surface area contributed by atoms with Crippen LogP contribution in [0.25, 0.3) is 16.7 Å². The zero-order valence-corrected chi connectivity index (χ0v) is 19.8. The number of fused-ring (bicyclic) bond motifs is 1. The fraction of sp³-hybridized carbons (Fsp3) is 0.333. The van der Waals surface area contributed by atoms with Crippen LogP contribution in [-0.2, 0) is 0 Å². The number of imidazole rings is 1. The van der Waals surface area contributed by atoms with Gasteiger partial charge < -0.3 is 34.1 Å². The Balaban J connectivity index is 1.48. The zero-order chi connectivity index (χ0) is 24.4. The summed E-state index contributed by atoms with van der Waals surface area (Å²) in [5, 5.41) is 13.9. The molecule has 0 spiro atoms. The van der Waals surface area contributed by atoms with Crippen LogP contribution in [0.4, 0.5) is 17.6 Å². The topological polar surface area (TPSA) is 120 Å². The van der Waals surface area contributed by atoms with Gasteiger partial charge in [-0.25, -0.2) is 9.97 Å². The Morgan fingerprint density at radius 1 is 1.09 bits per heavy atom. The number of benzene rings is 1. The van der Waals surface area contributed by atoms with Crippen molar-refractivity contribution in [3.05, 3.63) is 43.0 Å². The van der Waals surface area contributed by atoms with Crippen LogP contribution in [0.15, 0.2) is 43.0 Å². The van der Waals surface area contributed by atoms with Gasteiger partial charge in [-0.1, -0.05) is 0 Å². The molecule has 0 amide bonds. The van der Waals surface area contributed by atoms with E-state index in [4.69, 9.17) is 19.2 Å². The SMILES string of the molecule is COc1cc(-n2cnc(Nc3nc(N4CCCC4CO)c4cccnc4n3)c2)cc(OC)c1OC. The molecule has 4 aromatic rings. The van der Waals surface area contributed by atoms with Crippen LogP contribution >= 0.6 is 0 Å². The van der Waals surface area contributed by atoms with Crippen molar-refractivity contribution in [2.24, 2.45) is 0 Å². The number of aliphatic hydroxyl groups excluding tert-OH is 1. The predicted molar refractivity (Wildman–Crippen MR) is 131 cm³/mol. The molecule has 5 rings (SSSR count). The summed E-state index contributed by atoms with van der Waals surface area (Å²) in [7, 11) is 4.72. The molecule has 1 aliphatic heterocycles. The molecular weight excluding hydrogens is 450 g/mol. The van der Waals surface area contributed by atoms with Gasteiger partial charge in [0.15, 0.2) is 23.0 Å². The van der Waals surface area contributed by atoms with E-state index in [0.29, 0.717) is 34.7 Å². The summed E-state index contributed by atoms with van der Waals surface area (Å²) in [6.07, 6.45) is 7.11. The highest BCUT2D eigenvalue weighted by atomic mass is 16.5. The maximum atomic E-state index is 9.84. The molecule has 35 heavy (non-hydrogen) atoms. The van der Waals surface area contributed by atoms with Gasteiger partial charge in [0.25, 0.3) is 0 Å². The number of nitrogens with one attached hydrogen (secondary N) is 1. The van der Waals surface area contributed by atoms with Crippen molar-refractivity contribution in [3.63, 3.8) is 0 Å². The first-order chi connectivity index (χ1) is 17.1. The third kappa shape index (κ3) is 4.26. The van der Waals surface area contributed by atoms with E-state index in [1.807, 2.05) is 35.0 Å². The van der Waals surface area contributed by atoms with Gasteiger partial charge in [0, 0.05) is 24.9 Å². The van der Waals surface area contributed by atoms with Gasteiger partial charge >= 0.3 is 0 Å². The number of ether oxygens (including phenoxy) is 3. The van der Waals surface area contributed by atoms with Crippen LogP contribution in [-0.4, -0.2) is 70.1 Å². The van der Waals surface area contributed by atoms with Crippen molar-refractivity contribution in [1.82, 2.24) is 24.5 Å². The van der Waals surface area contributed by atoms with Gasteiger partial charge in [-0.2, -0.15) is 9.97 Å². The minimum absolute atomic E-state index is 0.0281. The number of pyridine rings is 1. The third-order valence-corrected chi connectivity index (χ3v) is 6.08. The monoisotopic (exact) mass is 477 g/mol. The molecule has 2 N–H and O–H groups in total. The van der Waals surface area contributed by atoms with E-state index in [2.05, 4.69) is 25.2 Å². The lowest BCUT2D eigenvalue weighted by atomic mass is 10.2. The molecular formula is C24H27N7O4. The van der Waals surface area contributed by atoms with E-state index < -0.39 is 0 Å². The van der Waals surface area contributed by atoms with E-state index in [1.165, 1.54) is 0 Å². The maximum Gasteiger partial charge on any atom is 0.232 e. The summed E-state index contributed by atoms with van der Waals surface area (Å²) < 4.78 is 18.2. The van der Waals surface area contributed by atoms with Crippen molar-refractivity contribution in [1.29, 1.82) is 0 Å². The van der Waals surface area contributed by atoms with Crippen LogP contribution < -0.4 is 24.4 Å². The van der Waals surface area contributed by atoms with Crippen molar-refractivity contribution in [2.75, 3.05) is 44.7 Å². The summed E-state index contributed by atoms with van der Waals surface area (Å²) in [6.45, 7) is 0.898. The highest BCUT2D eigenvalue weighted by Crippen LogP contribution is 2.39. The van der Waals surface area contributed by atoms with E-state index in [9.17, 15) is 5.11 Å². The molecule has 1 aliphatic rings. The van der Waals surface area contributed by atoms with Gasteiger partial charge in [-0.15, -0.1) is 0 Å². The smallest absolute Gasteiger partial charge is 0.232 e. The van der Waals surface area contributed by atoms with Crippen molar-refractivity contribution in [2.45, 2.75) is 18.9 Å². The first-order valence-corrected chi connectivity index (χ1v) is 11.3. The average molecular weight is 478 g/mol. The molecule has 1 saturated heterocycles. The lowest BCUT2D eigenvalue weighted by Gasteiger charge is -2.25. The Morgan fingerprint density at radius 3 is 2.60 bits per heavy atom.